The molecule has 1 aromatic carbocycles. The first-order chi connectivity index (χ1) is 5.81. The Labute approximate surface area is 71.8 Å². The topological polar surface area (TPSA) is 35.8 Å². The molecule has 2 rings (SSSR count). The summed E-state index contributed by atoms with van der Waals surface area (Å²) in [4.78, 5) is 0. The number of rotatable bonds is 0. The minimum atomic E-state index is 0.467. The number of anilines is 1. The number of hydrogen-bond donors (Lipinski definition) is 1. The fourth-order valence-electron chi connectivity index (χ4n) is 1.67. The predicted molar refractivity (Wildman–Crippen MR) is 47.9 cm³/mol. The first-order valence-electron chi connectivity index (χ1n) is 4.10. The van der Waals surface area contributed by atoms with Crippen LogP contribution in [0.2, 0.25) is 0 Å². The van der Waals surface area contributed by atoms with E-state index in [9.17, 15) is 0 Å². The van der Waals surface area contributed by atoms with E-state index in [1.807, 2.05) is 18.2 Å². The molecule has 1 N–H and O–H groups in total. The van der Waals surface area contributed by atoms with E-state index in [4.69, 9.17) is 5.26 Å². The van der Waals surface area contributed by atoms with Gasteiger partial charge >= 0.3 is 0 Å². The zero-order valence-corrected chi connectivity index (χ0v) is 6.96. The van der Waals surface area contributed by atoms with E-state index in [0.717, 1.165) is 17.7 Å². The number of nitrogens with zero attached hydrogens (tertiary/aromatic N) is 1. The highest BCUT2D eigenvalue weighted by Crippen LogP contribution is 2.27. The summed E-state index contributed by atoms with van der Waals surface area (Å²) in [6.45, 7) is 2.13. The van der Waals surface area contributed by atoms with Gasteiger partial charge in [0.2, 0.25) is 0 Å². The smallest absolute Gasteiger partial charge is 0.0995 e. The van der Waals surface area contributed by atoms with E-state index in [2.05, 4.69) is 18.3 Å². The third-order valence-electron chi connectivity index (χ3n) is 2.21. The molecule has 2 nitrogen and oxygen atoms in total. The predicted octanol–water partition coefficient (Wildman–Crippen LogP) is 1.91. The molecule has 0 saturated carbocycles. The number of nitriles is 1. The minimum Gasteiger partial charge on any atom is -0.382 e. The quantitative estimate of drug-likeness (QED) is 0.626. The Morgan fingerprint density at radius 3 is 3.17 bits per heavy atom. The van der Waals surface area contributed by atoms with Gasteiger partial charge < -0.3 is 5.32 Å². The average Bonchev–Trinajstić information content (AvgIpc) is 2.44. The molecule has 60 valence electrons. The van der Waals surface area contributed by atoms with Crippen LogP contribution in [0.1, 0.15) is 18.1 Å². The third kappa shape index (κ3) is 0.947. The number of benzene rings is 1. The maximum absolute atomic E-state index is 8.81. The zero-order chi connectivity index (χ0) is 8.55. The van der Waals surface area contributed by atoms with Crippen molar-refractivity contribution < 1.29 is 0 Å². The summed E-state index contributed by atoms with van der Waals surface area (Å²) in [5.41, 5.74) is 3.11. The SMILES string of the molecule is CC1Cc2c(C#N)cccc2N1. The standard InChI is InChI=1S/C10H10N2/c1-7-5-9-8(6-11)3-2-4-10(9)12-7/h2-4,7,12H,5H2,1H3. The van der Waals surface area contributed by atoms with Gasteiger partial charge in [0.15, 0.2) is 0 Å². The molecule has 0 fully saturated rings. The van der Waals surface area contributed by atoms with Gasteiger partial charge in [0.25, 0.3) is 0 Å². The number of nitrogens with one attached hydrogen (secondary N) is 1. The lowest BCUT2D eigenvalue weighted by Crippen LogP contribution is -2.08. The van der Waals surface area contributed by atoms with Crippen molar-refractivity contribution in [1.29, 1.82) is 5.26 Å². The van der Waals surface area contributed by atoms with Crippen molar-refractivity contribution in [3.63, 3.8) is 0 Å². The van der Waals surface area contributed by atoms with Gasteiger partial charge in [0.1, 0.15) is 0 Å². The second-order valence-electron chi connectivity index (χ2n) is 3.19. The van der Waals surface area contributed by atoms with Crippen LogP contribution in [0.4, 0.5) is 5.69 Å². The van der Waals surface area contributed by atoms with Gasteiger partial charge in [0, 0.05) is 11.7 Å². The molecule has 1 aliphatic rings. The fourth-order valence-corrected chi connectivity index (χ4v) is 1.67. The van der Waals surface area contributed by atoms with Crippen LogP contribution in [0.5, 0.6) is 0 Å². The Balaban J connectivity index is 2.53. The minimum absolute atomic E-state index is 0.467. The molecule has 0 spiro atoms. The van der Waals surface area contributed by atoms with Crippen LogP contribution in [0, 0.1) is 11.3 Å². The molecule has 0 radical (unpaired) electrons. The summed E-state index contributed by atoms with van der Waals surface area (Å²) < 4.78 is 0. The van der Waals surface area contributed by atoms with Crippen molar-refractivity contribution in [3.05, 3.63) is 29.3 Å². The molecular formula is C10H10N2. The largest absolute Gasteiger partial charge is 0.382 e. The number of fused-ring (bicyclic) bond motifs is 1. The van der Waals surface area contributed by atoms with Crippen LogP contribution in [0.15, 0.2) is 18.2 Å². The molecule has 0 saturated heterocycles. The van der Waals surface area contributed by atoms with Gasteiger partial charge in [-0.15, -0.1) is 0 Å². The maximum atomic E-state index is 8.81. The molecule has 0 amide bonds. The Morgan fingerprint density at radius 1 is 1.58 bits per heavy atom. The van der Waals surface area contributed by atoms with Crippen molar-refractivity contribution in [2.75, 3.05) is 5.32 Å². The second-order valence-corrected chi connectivity index (χ2v) is 3.19. The second kappa shape index (κ2) is 2.53. The fraction of sp³-hybridized carbons (Fsp3) is 0.300. The highest BCUT2D eigenvalue weighted by Gasteiger charge is 2.18. The van der Waals surface area contributed by atoms with Gasteiger partial charge in [0.05, 0.1) is 11.6 Å². The van der Waals surface area contributed by atoms with E-state index in [0.29, 0.717) is 6.04 Å². The highest BCUT2D eigenvalue weighted by molar-refractivity contribution is 5.62. The van der Waals surface area contributed by atoms with E-state index < -0.39 is 0 Å². The van der Waals surface area contributed by atoms with Crippen molar-refractivity contribution in [3.8, 4) is 6.07 Å². The summed E-state index contributed by atoms with van der Waals surface area (Å²) in [5, 5.41) is 12.1. The lowest BCUT2D eigenvalue weighted by molar-refractivity contribution is 0.838. The molecule has 1 atom stereocenters. The van der Waals surface area contributed by atoms with Crippen LogP contribution >= 0.6 is 0 Å². The van der Waals surface area contributed by atoms with Gasteiger partial charge in [-0.2, -0.15) is 5.26 Å². The van der Waals surface area contributed by atoms with Gasteiger partial charge in [-0.3, -0.25) is 0 Å². The Kier molecular flexibility index (Phi) is 1.51. The van der Waals surface area contributed by atoms with E-state index in [1.165, 1.54) is 5.56 Å². The maximum Gasteiger partial charge on any atom is 0.0995 e. The normalized spacial score (nSPS) is 19.5. The summed E-state index contributed by atoms with van der Waals surface area (Å²) in [7, 11) is 0. The average molecular weight is 158 g/mol. The molecule has 1 heterocycles. The molecular weight excluding hydrogens is 148 g/mol. The molecule has 0 aromatic heterocycles. The first kappa shape index (κ1) is 7.17. The number of hydrogen-bond acceptors (Lipinski definition) is 2. The molecule has 1 aromatic rings. The van der Waals surface area contributed by atoms with Crippen LogP contribution in [-0.2, 0) is 6.42 Å². The van der Waals surface area contributed by atoms with Crippen LogP contribution < -0.4 is 5.32 Å². The summed E-state index contributed by atoms with van der Waals surface area (Å²) in [5.74, 6) is 0. The highest BCUT2D eigenvalue weighted by atomic mass is 14.9. The van der Waals surface area contributed by atoms with E-state index in [1.54, 1.807) is 0 Å². The lowest BCUT2D eigenvalue weighted by atomic mass is 10.0. The summed E-state index contributed by atoms with van der Waals surface area (Å²) >= 11 is 0. The van der Waals surface area contributed by atoms with Crippen LogP contribution in [-0.4, -0.2) is 6.04 Å². The Bertz CT molecular complexity index is 349. The van der Waals surface area contributed by atoms with Gasteiger partial charge in [-0.25, -0.2) is 0 Å². The van der Waals surface area contributed by atoms with Crippen molar-refractivity contribution in [1.82, 2.24) is 0 Å². The Hall–Kier alpha value is -1.49. The van der Waals surface area contributed by atoms with Crippen molar-refractivity contribution in [2.24, 2.45) is 0 Å². The lowest BCUT2D eigenvalue weighted by Gasteiger charge is -2.00. The first-order valence-corrected chi connectivity index (χ1v) is 4.10. The van der Waals surface area contributed by atoms with E-state index >= 15 is 0 Å². The van der Waals surface area contributed by atoms with Crippen molar-refractivity contribution >= 4 is 5.69 Å². The van der Waals surface area contributed by atoms with Crippen LogP contribution in [0.3, 0.4) is 0 Å². The van der Waals surface area contributed by atoms with Crippen LogP contribution in [0.25, 0.3) is 0 Å². The molecule has 0 bridgehead atoms. The van der Waals surface area contributed by atoms with E-state index in [-0.39, 0.29) is 0 Å². The summed E-state index contributed by atoms with van der Waals surface area (Å²) in [6, 6.07) is 8.50. The molecule has 1 aliphatic heterocycles. The molecule has 0 aliphatic carbocycles. The molecule has 12 heavy (non-hydrogen) atoms. The van der Waals surface area contributed by atoms with Gasteiger partial charge in [-0.1, -0.05) is 6.07 Å². The Morgan fingerprint density at radius 2 is 2.42 bits per heavy atom. The zero-order valence-electron chi connectivity index (χ0n) is 6.96. The monoisotopic (exact) mass is 158 g/mol. The molecule has 1 unspecified atom stereocenters. The van der Waals surface area contributed by atoms with Crippen molar-refractivity contribution in [2.45, 2.75) is 19.4 Å². The third-order valence-corrected chi connectivity index (χ3v) is 2.21. The summed E-state index contributed by atoms with van der Waals surface area (Å²) in [6.07, 6.45) is 0.971. The molecule has 2 heteroatoms. The van der Waals surface area contributed by atoms with Gasteiger partial charge in [-0.05, 0) is 31.0 Å².